The molecule has 2 amide bonds. The van der Waals surface area contributed by atoms with Gasteiger partial charge in [-0.2, -0.15) is 0 Å². The second kappa shape index (κ2) is 6.76. The van der Waals surface area contributed by atoms with Crippen LogP contribution in [0, 0.1) is 0 Å². The average Bonchev–Trinajstić information content (AvgIpc) is 3.13. The van der Waals surface area contributed by atoms with Crippen LogP contribution in [0.5, 0.6) is 0 Å². The lowest BCUT2D eigenvalue weighted by Crippen LogP contribution is -2.58. The Kier molecular flexibility index (Phi) is 4.75. The Bertz CT molecular complexity index is 534. The molecule has 6 nitrogen and oxygen atoms in total. The van der Waals surface area contributed by atoms with E-state index in [0.717, 1.165) is 17.8 Å². The van der Waals surface area contributed by atoms with Crippen LogP contribution in [0.3, 0.4) is 0 Å². The fourth-order valence-corrected chi connectivity index (χ4v) is 3.91. The molecule has 4 N–H and O–H groups in total. The zero-order chi connectivity index (χ0) is 15.5. The van der Waals surface area contributed by atoms with E-state index in [1.807, 2.05) is 17.5 Å². The Hall–Kier alpha value is -1.44. The van der Waals surface area contributed by atoms with E-state index in [1.54, 1.807) is 11.3 Å². The van der Waals surface area contributed by atoms with Crippen LogP contribution in [0.1, 0.15) is 24.1 Å². The van der Waals surface area contributed by atoms with E-state index in [2.05, 4.69) is 15.5 Å². The van der Waals surface area contributed by atoms with E-state index in [-0.39, 0.29) is 29.9 Å². The third kappa shape index (κ3) is 3.48. The van der Waals surface area contributed by atoms with Crippen LogP contribution in [0.15, 0.2) is 17.5 Å². The van der Waals surface area contributed by atoms with Gasteiger partial charge in [-0.25, -0.2) is 0 Å². The molecule has 0 radical (unpaired) electrons. The molecule has 3 heterocycles. The van der Waals surface area contributed by atoms with Crippen molar-refractivity contribution in [3.05, 3.63) is 22.4 Å². The summed E-state index contributed by atoms with van der Waals surface area (Å²) in [5.74, 6) is 0.136. The lowest BCUT2D eigenvalue weighted by molar-refractivity contribution is -0.129. The quantitative estimate of drug-likeness (QED) is 0.714. The van der Waals surface area contributed by atoms with Gasteiger partial charge in [0.1, 0.15) is 0 Å². The van der Waals surface area contributed by atoms with Gasteiger partial charge in [-0.3, -0.25) is 14.5 Å². The van der Waals surface area contributed by atoms with Crippen LogP contribution in [-0.2, 0) is 16.1 Å². The minimum atomic E-state index is -0.108. The molecule has 0 aromatic carbocycles. The highest BCUT2D eigenvalue weighted by atomic mass is 32.1. The first-order chi connectivity index (χ1) is 10.6. The van der Waals surface area contributed by atoms with E-state index in [4.69, 9.17) is 5.73 Å². The predicted octanol–water partition coefficient (Wildman–Crippen LogP) is 0.0445. The number of hydrogen-bond acceptors (Lipinski definition) is 5. The molecule has 0 aliphatic carbocycles. The van der Waals surface area contributed by atoms with E-state index in [9.17, 15) is 9.59 Å². The lowest BCUT2D eigenvalue weighted by atomic mass is 10.0. The van der Waals surface area contributed by atoms with Crippen LogP contribution in [0.2, 0.25) is 0 Å². The second-order valence-electron chi connectivity index (χ2n) is 6.00. The summed E-state index contributed by atoms with van der Waals surface area (Å²) in [6.45, 7) is 1.95. The normalized spacial score (nSPS) is 28.2. The van der Waals surface area contributed by atoms with Crippen LogP contribution in [-0.4, -0.2) is 47.9 Å². The number of nitrogens with two attached hydrogens (primary N) is 1. The van der Waals surface area contributed by atoms with Crippen molar-refractivity contribution in [2.24, 2.45) is 5.73 Å². The standard InChI is InChI=1S/C15H22N4O2S/c16-10-6-13-15(21)18-7-11(19(13)9-10)3-4-14(20)17-8-12-2-1-5-22-12/h1-2,5,10-11,13H,3-4,6-9,16H2,(H,17,20)(H,18,21)/t10-,11-,13+/m0/s1. The Morgan fingerprint density at radius 2 is 2.41 bits per heavy atom. The van der Waals surface area contributed by atoms with Crippen molar-refractivity contribution in [1.82, 2.24) is 15.5 Å². The van der Waals surface area contributed by atoms with Gasteiger partial charge in [0.25, 0.3) is 0 Å². The average molecular weight is 322 g/mol. The summed E-state index contributed by atoms with van der Waals surface area (Å²) in [7, 11) is 0. The number of carbonyl (C=O) groups excluding carboxylic acids is 2. The highest BCUT2D eigenvalue weighted by Gasteiger charge is 2.42. The van der Waals surface area contributed by atoms with Gasteiger partial charge in [0.15, 0.2) is 0 Å². The van der Waals surface area contributed by atoms with Crippen LogP contribution in [0.4, 0.5) is 0 Å². The maximum absolute atomic E-state index is 12.0. The van der Waals surface area contributed by atoms with Crippen molar-refractivity contribution < 1.29 is 9.59 Å². The van der Waals surface area contributed by atoms with Crippen molar-refractivity contribution in [3.8, 4) is 0 Å². The molecule has 2 fully saturated rings. The maximum Gasteiger partial charge on any atom is 0.237 e. The van der Waals surface area contributed by atoms with Crippen molar-refractivity contribution in [1.29, 1.82) is 0 Å². The number of nitrogens with zero attached hydrogens (tertiary/aromatic N) is 1. The monoisotopic (exact) mass is 322 g/mol. The molecular formula is C15H22N4O2S. The molecule has 3 rings (SSSR count). The number of amides is 2. The second-order valence-corrected chi connectivity index (χ2v) is 7.03. The fraction of sp³-hybridized carbons (Fsp3) is 0.600. The number of thiophene rings is 1. The highest BCUT2D eigenvalue weighted by Crippen LogP contribution is 2.24. The predicted molar refractivity (Wildman–Crippen MR) is 85.3 cm³/mol. The first-order valence-electron chi connectivity index (χ1n) is 7.71. The Balaban J connectivity index is 1.46. The molecule has 22 heavy (non-hydrogen) atoms. The zero-order valence-corrected chi connectivity index (χ0v) is 13.3. The zero-order valence-electron chi connectivity index (χ0n) is 12.5. The number of hydrogen-bond donors (Lipinski definition) is 3. The Morgan fingerprint density at radius 3 is 3.18 bits per heavy atom. The molecule has 2 saturated heterocycles. The third-order valence-electron chi connectivity index (χ3n) is 4.40. The van der Waals surface area contributed by atoms with E-state index in [0.29, 0.717) is 25.9 Å². The largest absolute Gasteiger partial charge is 0.353 e. The molecular weight excluding hydrogens is 300 g/mol. The molecule has 7 heteroatoms. The number of nitrogens with one attached hydrogen (secondary N) is 2. The third-order valence-corrected chi connectivity index (χ3v) is 5.28. The van der Waals surface area contributed by atoms with Gasteiger partial charge < -0.3 is 16.4 Å². The molecule has 3 atom stereocenters. The summed E-state index contributed by atoms with van der Waals surface area (Å²) < 4.78 is 0. The molecule has 2 aliphatic heterocycles. The minimum Gasteiger partial charge on any atom is -0.353 e. The minimum absolute atomic E-state index is 0.0593. The van der Waals surface area contributed by atoms with Crippen molar-refractivity contribution in [2.45, 2.75) is 43.9 Å². The van der Waals surface area contributed by atoms with Gasteiger partial charge >= 0.3 is 0 Å². The molecule has 0 saturated carbocycles. The van der Waals surface area contributed by atoms with Gasteiger partial charge in [-0.05, 0) is 24.3 Å². The maximum atomic E-state index is 12.0. The van der Waals surface area contributed by atoms with Gasteiger partial charge in [0.2, 0.25) is 11.8 Å². The van der Waals surface area contributed by atoms with Crippen LogP contribution in [0.25, 0.3) is 0 Å². The van der Waals surface area contributed by atoms with Gasteiger partial charge in [0, 0.05) is 36.5 Å². The lowest BCUT2D eigenvalue weighted by Gasteiger charge is -2.37. The molecule has 1 aromatic heterocycles. The van der Waals surface area contributed by atoms with Crippen LogP contribution < -0.4 is 16.4 Å². The fourth-order valence-electron chi connectivity index (χ4n) is 3.26. The molecule has 2 aliphatic rings. The first-order valence-corrected chi connectivity index (χ1v) is 8.59. The summed E-state index contributed by atoms with van der Waals surface area (Å²) in [5, 5.41) is 7.88. The Morgan fingerprint density at radius 1 is 1.55 bits per heavy atom. The molecule has 0 bridgehead atoms. The van der Waals surface area contributed by atoms with E-state index < -0.39 is 0 Å². The topological polar surface area (TPSA) is 87.5 Å². The van der Waals surface area contributed by atoms with Gasteiger partial charge in [0.05, 0.1) is 12.6 Å². The van der Waals surface area contributed by atoms with Crippen molar-refractivity contribution >= 4 is 23.2 Å². The molecule has 120 valence electrons. The van der Waals surface area contributed by atoms with Gasteiger partial charge in [-0.15, -0.1) is 11.3 Å². The van der Waals surface area contributed by atoms with E-state index in [1.165, 1.54) is 0 Å². The number of carbonyl (C=O) groups is 2. The van der Waals surface area contributed by atoms with E-state index >= 15 is 0 Å². The summed E-state index contributed by atoms with van der Waals surface area (Å²) in [5.41, 5.74) is 5.98. The summed E-state index contributed by atoms with van der Waals surface area (Å²) >= 11 is 1.64. The summed E-state index contributed by atoms with van der Waals surface area (Å²) in [6, 6.07) is 4.15. The van der Waals surface area contributed by atoms with Gasteiger partial charge in [-0.1, -0.05) is 6.07 Å². The van der Waals surface area contributed by atoms with Crippen LogP contribution >= 0.6 is 11.3 Å². The number of fused-ring (bicyclic) bond motifs is 1. The highest BCUT2D eigenvalue weighted by molar-refractivity contribution is 7.09. The Labute approximate surface area is 134 Å². The number of piperazine rings is 1. The first kappa shape index (κ1) is 15.5. The smallest absolute Gasteiger partial charge is 0.237 e. The van der Waals surface area contributed by atoms with Crippen molar-refractivity contribution in [2.75, 3.05) is 13.1 Å². The summed E-state index contributed by atoms with van der Waals surface area (Å²) in [4.78, 5) is 27.2. The molecule has 0 unspecified atom stereocenters. The summed E-state index contributed by atoms with van der Waals surface area (Å²) in [6.07, 6.45) is 1.94. The number of rotatable bonds is 5. The molecule has 0 spiro atoms. The van der Waals surface area contributed by atoms with Crippen molar-refractivity contribution in [3.63, 3.8) is 0 Å². The SMILES string of the molecule is N[C@H]1C[C@@H]2C(=O)NC[C@H](CCC(=O)NCc3cccs3)N2C1. The molecule has 1 aromatic rings.